The van der Waals surface area contributed by atoms with Crippen molar-refractivity contribution in [2.75, 3.05) is 26.7 Å². The third kappa shape index (κ3) is 5.30. The molecule has 2 fully saturated rings. The largest absolute Gasteiger partial charge is 0.345 e. The molecule has 1 aliphatic heterocycles. The predicted molar refractivity (Wildman–Crippen MR) is 106 cm³/mol. The summed E-state index contributed by atoms with van der Waals surface area (Å²) >= 11 is 0. The number of nitrogens with zero attached hydrogens (tertiary/aromatic N) is 3. The number of hydrogen-bond acceptors (Lipinski definition) is 3. The molecule has 3 rings (SSSR count). The van der Waals surface area contributed by atoms with E-state index < -0.39 is 0 Å². The molecule has 2 heterocycles. The van der Waals surface area contributed by atoms with Gasteiger partial charge in [0.2, 0.25) is 11.8 Å². The van der Waals surface area contributed by atoms with E-state index in [1.165, 1.54) is 12.0 Å². The van der Waals surface area contributed by atoms with Gasteiger partial charge in [0, 0.05) is 50.9 Å². The number of rotatable bonds is 5. The molecule has 0 radical (unpaired) electrons. The van der Waals surface area contributed by atoms with Gasteiger partial charge in [-0.05, 0) is 68.6 Å². The summed E-state index contributed by atoms with van der Waals surface area (Å²) in [7, 11) is 1.90. The van der Waals surface area contributed by atoms with Crippen LogP contribution in [0.5, 0.6) is 0 Å². The third-order valence-corrected chi connectivity index (χ3v) is 6.26. The molecule has 5 nitrogen and oxygen atoms in total. The minimum Gasteiger partial charge on any atom is -0.345 e. The number of likely N-dealkylation sites (N-methyl/N-ethyl adjacent to an activating group) is 1. The Morgan fingerprint density at radius 2 is 1.78 bits per heavy atom. The zero-order chi connectivity index (χ0) is 19.2. The fourth-order valence-corrected chi connectivity index (χ4v) is 4.50. The predicted octanol–water partition coefficient (Wildman–Crippen LogP) is 3.15. The van der Waals surface area contributed by atoms with Crippen LogP contribution < -0.4 is 0 Å². The van der Waals surface area contributed by atoms with E-state index in [1.807, 2.05) is 24.1 Å². The SMILES string of the molecule is CC1CCCN(C(=O)C2CCC(C(=O)N(C)CCc3ccncc3)CC2)C1. The van der Waals surface area contributed by atoms with E-state index in [0.29, 0.717) is 11.8 Å². The molecule has 27 heavy (non-hydrogen) atoms. The molecule has 1 aromatic rings. The van der Waals surface area contributed by atoms with Gasteiger partial charge in [0.15, 0.2) is 0 Å². The molecule has 1 aliphatic carbocycles. The van der Waals surface area contributed by atoms with Gasteiger partial charge in [0.25, 0.3) is 0 Å². The highest BCUT2D eigenvalue weighted by molar-refractivity contribution is 5.81. The van der Waals surface area contributed by atoms with Crippen LogP contribution in [-0.2, 0) is 16.0 Å². The van der Waals surface area contributed by atoms with Crippen molar-refractivity contribution in [1.82, 2.24) is 14.8 Å². The van der Waals surface area contributed by atoms with Gasteiger partial charge in [-0.3, -0.25) is 14.6 Å². The van der Waals surface area contributed by atoms with Crippen LogP contribution in [-0.4, -0.2) is 53.3 Å². The fraction of sp³-hybridized carbons (Fsp3) is 0.682. The lowest BCUT2D eigenvalue weighted by molar-refractivity contribution is -0.141. The molecule has 1 saturated carbocycles. The van der Waals surface area contributed by atoms with Crippen LogP contribution in [0.3, 0.4) is 0 Å². The summed E-state index contributed by atoms with van der Waals surface area (Å²) in [6.45, 7) is 4.79. The summed E-state index contributed by atoms with van der Waals surface area (Å²) < 4.78 is 0. The van der Waals surface area contributed by atoms with Crippen molar-refractivity contribution in [3.8, 4) is 0 Å². The van der Waals surface area contributed by atoms with Crippen molar-refractivity contribution in [2.24, 2.45) is 17.8 Å². The van der Waals surface area contributed by atoms with Gasteiger partial charge in [-0.1, -0.05) is 6.92 Å². The number of amides is 2. The highest BCUT2D eigenvalue weighted by Crippen LogP contribution is 2.32. The number of piperidine rings is 1. The molecule has 0 spiro atoms. The second-order valence-electron chi connectivity index (χ2n) is 8.45. The van der Waals surface area contributed by atoms with Crippen molar-refractivity contribution in [3.63, 3.8) is 0 Å². The monoisotopic (exact) mass is 371 g/mol. The maximum absolute atomic E-state index is 12.8. The zero-order valence-corrected chi connectivity index (χ0v) is 16.8. The highest BCUT2D eigenvalue weighted by atomic mass is 16.2. The topological polar surface area (TPSA) is 53.5 Å². The molecule has 5 heteroatoms. The Hall–Kier alpha value is -1.91. The van der Waals surface area contributed by atoms with E-state index in [1.54, 1.807) is 12.4 Å². The van der Waals surface area contributed by atoms with E-state index in [2.05, 4.69) is 16.8 Å². The Balaban J connectivity index is 1.43. The van der Waals surface area contributed by atoms with Gasteiger partial charge in [0.1, 0.15) is 0 Å². The van der Waals surface area contributed by atoms with Crippen LogP contribution >= 0.6 is 0 Å². The molecule has 0 N–H and O–H groups in total. The lowest BCUT2D eigenvalue weighted by Crippen LogP contribution is -2.44. The van der Waals surface area contributed by atoms with Gasteiger partial charge < -0.3 is 9.80 Å². The lowest BCUT2D eigenvalue weighted by Gasteiger charge is -2.36. The lowest BCUT2D eigenvalue weighted by atomic mass is 9.80. The van der Waals surface area contributed by atoms with Gasteiger partial charge in [-0.15, -0.1) is 0 Å². The molecule has 2 aliphatic rings. The smallest absolute Gasteiger partial charge is 0.225 e. The molecule has 1 saturated heterocycles. The van der Waals surface area contributed by atoms with E-state index in [4.69, 9.17) is 0 Å². The van der Waals surface area contributed by atoms with Crippen molar-refractivity contribution >= 4 is 11.8 Å². The molecular formula is C22H33N3O2. The number of aromatic nitrogens is 1. The molecule has 2 amide bonds. The minimum absolute atomic E-state index is 0.0803. The molecule has 0 bridgehead atoms. The number of carbonyl (C=O) groups is 2. The first-order valence-electron chi connectivity index (χ1n) is 10.5. The number of likely N-dealkylation sites (tertiary alicyclic amines) is 1. The summed E-state index contributed by atoms with van der Waals surface area (Å²) in [6.07, 6.45) is 10.2. The van der Waals surface area contributed by atoms with Crippen LogP contribution in [0.4, 0.5) is 0 Å². The zero-order valence-electron chi connectivity index (χ0n) is 16.8. The van der Waals surface area contributed by atoms with E-state index >= 15 is 0 Å². The molecule has 1 aromatic heterocycles. The Morgan fingerprint density at radius 3 is 2.44 bits per heavy atom. The first-order valence-corrected chi connectivity index (χ1v) is 10.5. The standard InChI is InChI=1S/C22H33N3O2/c1-17-4-3-14-25(16-17)22(27)20-7-5-19(6-8-20)21(26)24(2)15-11-18-9-12-23-13-10-18/h9-10,12-13,17,19-20H,3-8,11,14-16H2,1-2H3. The summed E-state index contributed by atoms with van der Waals surface area (Å²) in [5.74, 6) is 1.40. The first-order chi connectivity index (χ1) is 13.0. The Bertz CT molecular complexity index is 626. The summed E-state index contributed by atoms with van der Waals surface area (Å²) in [5, 5.41) is 0. The molecular weight excluding hydrogens is 338 g/mol. The molecule has 1 atom stereocenters. The molecule has 1 unspecified atom stereocenters. The van der Waals surface area contributed by atoms with Crippen LogP contribution in [0.25, 0.3) is 0 Å². The van der Waals surface area contributed by atoms with Crippen LogP contribution in [0.2, 0.25) is 0 Å². The summed E-state index contributed by atoms with van der Waals surface area (Å²) in [4.78, 5) is 33.5. The quantitative estimate of drug-likeness (QED) is 0.799. The van der Waals surface area contributed by atoms with Crippen molar-refractivity contribution in [1.29, 1.82) is 0 Å². The van der Waals surface area contributed by atoms with Crippen molar-refractivity contribution in [2.45, 2.75) is 51.9 Å². The van der Waals surface area contributed by atoms with Crippen molar-refractivity contribution in [3.05, 3.63) is 30.1 Å². The summed E-state index contributed by atoms with van der Waals surface area (Å²) in [6, 6.07) is 3.99. The summed E-state index contributed by atoms with van der Waals surface area (Å²) in [5.41, 5.74) is 1.20. The van der Waals surface area contributed by atoms with Crippen LogP contribution in [0, 0.1) is 17.8 Å². The molecule has 0 aromatic carbocycles. The van der Waals surface area contributed by atoms with E-state index in [9.17, 15) is 9.59 Å². The average Bonchev–Trinajstić information content (AvgIpc) is 2.72. The maximum Gasteiger partial charge on any atom is 0.225 e. The molecule has 148 valence electrons. The second kappa shape index (κ2) is 9.34. The van der Waals surface area contributed by atoms with Crippen LogP contribution in [0.1, 0.15) is 51.0 Å². The van der Waals surface area contributed by atoms with E-state index in [0.717, 1.165) is 58.2 Å². The van der Waals surface area contributed by atoms with Gasteiger partial charge in [-0.25, -0.2) is 0 Å². The number of carbonyl (C=O) groups excluding carboxylic acids is 2. The Kier molecular flexibility index (Phi) is 6.86. The highest BCUT2D eigenvalue weighted by Gasteiger charge is 2.34. The van der Waals surface area contributed by atoms with Crippen molar-refractivity contribution < 1.29 is 9.59 Å². The second-order valence-corrected chi connectivity index (χ2v) is 8.45. The minimum atomic E-state index is 0.0803. The Labute approximate surface area is 163 Å². The van der Waals surface area contributed by atoms with Crippen LogP contribution in [0.15, 0.2) is 24.5 Å². The van der Waals surface area contributed by atoms with Gasteiger partial charge >= 0.3 is 0 Å². The first kappa shape index (κ1) is 19.8. The third-order valence-electron chi connectivity index (χ3n) is 6.26. The maximum atomic E-state index is 12.8. The average molecular weight is 372 g/mol. The van der Waals surface area contributed by atoms with Gasteiger partial charge in [0.05, 0.1) is 0 Å². The van der Waals surface area contributed by atoms with Gasteiger partial charge in [-0.2, -0.15) is 0 Å². The number of hydrogen-bond donors (Lipinski definition) is 0. The fourth-order valence-electron chi connectivity index (χ4n) is 4.50. The Morgan fingerprint density at radius 1 is 1.11 bits per heavy atom. The van der Waals surface area contributed by atoms with E-state index in [-0.39, 0.29) is 17.7 Å². The number of pyridine rings is 1. The normalized spacial score (nSPS) is 25.9.